The molecule has 0 aliphatic heterocycles. The summed E-state index contributed by atoms with van der Waals surface area (Å²) in [6, 6.07) is 12.1. The summed E-state index contributed by atoms with van der Waals surface area (Å²) in [6.45, 7) is 4.57. The molecule has 0 fully saturated rings. The molecule has 4 heteroatoms. The molecule has 0 saturated carbocycles. The number of H-pyrrole nitrogens is 1. The van der Waals surface area contributed by atoms with E-state index < -0.39 is 0 Å². The monoisotopic (exact) mass is 267 g/mol. The van der Waals surface area contributed by atoms with Crippen LogP contribution in [0.1, 0.15) is 12.6 Å². The molecule has 0 spiro atoms. The van der Waals surface area contributed by atoms with Crippen LogP contribution in [0.25, 0.3) is 10.9 Å². The van der Waals surface area contributed by atoms with Gasteiger partial charge >= 0.3 is 0 Å². The van der Waals surface area contributed by atoms with Gasteiger partial charge in [-0.05, 0) is 49.6 Å². The molecule has 2 N–H and O–H groups in total. The number of rotatable bonds is 4. The average molecular weight is 267 g/mol. The quantitative estimate of drug-likeness (QED) is 0.750. The van der Waals surface area contributed by atoms with Crippen LogP contribution in [0.15, 0.2) is 42.6 Å². The minimum atomic E-state index is 0.652. The van der Waals surface area contributed by atoms with Gasteiger partial charge in [-0.3, -0.25) is 0 Å². The number of hydrogen-bond acceptors (Lipinski definition) is 3. The van der Waals surface area contributed by atoms with Crippen molar-refractivity contribution in [1.29, 1.82) is 0 Å². The largest absolute Gasteiger partial charge is 0.492 e. The van der Waals surface area contributed by atoms with Crippen LogP contribution in [0, 0.1) is 6.92 Å². The Morgan fingerprint density at radius 1 is 1.20 bits per heavy atom. The van der Waals surface area contributed by atoms with Crippen LogP contribution in [-0.4, -0.2) is 16.6 Å². The molecule has 0 atom stereocenters. The summed E-state index contributed by atoms with van der Waals surface area (Å²) >= 11 is 0. The highest BCUT2D eigenvalue weighted by molar-refractivity contribution is 5.83. The predicted molar refractivity (Wildman–Crippen MR) is 81.7 cm³/mol. The van der Waals surface area contributed by atoms with Gasteiger partial charge in [0.15, 0.2) is 0 Å². The van der Waals surface area contributed by atoms with Crippen molar-refractivity contribution >= 4 is 22.4 Å². The highest BCUT2D eigenvalue weighted by Gasteiger charge is 2.03. The highest BCUT2D eigenvalue weighted by atomic mass is 16.5. The van der Waals surface area contributed by atoms with Crippen molar-refractivity contribution < 1.29 is 4.74 Å². The maximum atomic E-state index is 5.49. The SMILES string of the molecule is CCOc1ccc(Nc2ccc3cc[nH]c3c2)nc1C. The lowest BCUT2D eigenvalue weighted by Crippen LogP contribution is -1.99. The highest BCUT2D eigenvalue weighted by Crippen LogP contribution is 2.23. The lowest BCUT2D eigenvalue weighted by atomic mass is 10.2. The number of benzene rings is 1. The molecule has 102 valence electrons. The van der Waals surface area contributed by atoms with Gasteiger partial charge in [0.25, 0.3) is 0 Å². The summed E-state index contributed by atoms with van der Waals surface area (Å²) in [7, 11) is 0. The number of nitrogens with one attached hydrogen (secondary N) is 2. The van der Waals surface area contributed by atoms with Crippen molar-refractivity contribution in [3.05, 3.63) is 48.3 Å². The fourth-order valence-electron chi connectivity index (χ4n) is 2.20. The maximum absolute atomic E-state index is 5.49. The topological polar surface area (TPSA) is 49.9 Å². The van der Waals surface area contributed by atoms with Crippen molar-refractivity contribution in [2.24, 2.45) is 0 Å². The van der Waals surface area contributed by atoms with Gasteiger partial charge in [-0.15, -0.1) is 0 Å². The second kappa shape index (κ2) is 5.25. The van der Waals surface area contributed by atoms with E-state index in [4.69, 9.17) is 4.74 Å². The fraction of sp³-hybridized carbons (Fsp3) is 0.188. The normalized spacial score (nSPS) is 10.7. The molecule has 0 unspecified atom stereocenters. The average Bonchev–Trinajstić information content (AvgIpc) is 2.89. The molecule has 4 nitrogen and oxygen atoms in total. The third kappa shape index (κ3) is 2.45. The predicted octanol–water partition coefficient (Wildman–Crippen LogP) is 4.01. The summed E-state index contributed by atoms with van der Waals surface area (Å²) in [6.07, 6.45) is 1.94. The lowest BCUT2D eigenvalue weighted by molar-refractivity contribution is 0.336. The second-order valence-electron chi connectivity index (χ2n) is 4.62. The van der Waals surface area contributed by atoms with Crippen LogP contribution < -0.4 is 10.1 Å². The molecule has 20 heavy (non-hydrogen) atoms. The smallest absolute Gasteiger partial charge is 0.140 e. The Balaban J connectivity index is 1.84. The second-order valence-corrected chi connectivity index (χ2v) is 4.62. The van der Waals surface area contributed by atoms with Crippen LogP contribution in [0.2, 0.25) is 0 Å². The first-order valence-electron chi connectivity index (χ1n) is 6.71. The van der Waals surface area contributed by atoms with Crippen LogP contribution in [0.5, 0.6) is 5.75 Å². The van der Waals surface area contributed by atoms with E-state index in [2.05, 4.69) is 33.5 Å². The van der Waals surface area contributed by atoms with E-state index >= 15 is 0 Å². The van der Waals surface area contributed by atoms with E-state index in [9.17, 15) is 0 Å². The zero-order chi connectivity index (χ0) is 13.9. The van der Waals surface area contributed by atoms with Crippen LogP contribution >= 0.6 is 0 Å². The zero-order valence-corrected chi connectivity index (χ0v) is 11.6. The molecule has 2 heterocycles. The van der Waals surface area contributed by atoms with E-state index in [-0.39, 0.29) is 0 Å². The Hall–Kier alpha value is -2.49. The van der Waals surface area contributed by atoms with Gasteiger partial charge < -0.3 is 15.0 Å². The molecule has 3 rings (SSSR count). The number of anilines is 2. The van der Waals surface area contributed by atoms with Gasteiger partial charge in [0.05, 0.1) is 12.3 Å². The van der Waals surface area contributed by atoms with Gasteiger partial charge in [-0.2, -0.15) is 0 Å². The molecule has 0 aliphatic carbocycles. The van der Waals surface area contributed by atoms with E-state index in [0.29, 0.717) is 6.61 Å². The third-order valence-electron chi connectivity index (χ3n) is 3.16. The number of pyridine rings is 1. The van der Waals surface area contributed by atoms with Crippen molar-refractivity contribution in [2.45, 2.75) is 13.8 Å². The number of aromatic amines is 1. The summed E-state index contributed by atoms with van der Waals surface area (Å²) in [4.78, 5) is 7.71. The number of fused-ring (bicyclic) bond motifs is 1. The molecule has 2 aromatic heterocycles. The van der Waals surface area contributed by atoms with Gasteiger partial charge in [-0.1, -0.05) is 6.07 Å². The number of nitrogens with zero attached hydrogens (tertiary/aromatic N) is 1. The van der Waals surface area contributed by atoms with Gasteiger partial charge in [0, 0.05) is 17.4 Å². The summed E-state index contributed by atoms with van der Waals surface area (Å²) in [5.74, 6) is 1.65. The standard InChI is InChI=1S/C16H17N3O/c1-3-20-15-6-7-16(18-11(15)2)19-13-5-4-12-8-9-17-14(12)10-13/h4-10,17H,3H2,1-2H3,(H,18,19). The first-order chi connectivity index (χ1) is 9.76. The molecule has 0 amide bonds. The van der Waals surface area contributed by atoms with Gasteiger partial charge in [0.2, 0.25) is 0 Å². The van der Waals surface area contributed by atoms with Crippen molar-refractivity contribution in [2.75, 3.05) is 11.9 Å². The number of aromatic nitrogens is 2. The molecular formula is C16H17N3O. The van der Waals surface area contributed by atoms with E-state index in [1.807, 2.05) is 38.2 Å². The molecule has 0 aliphatic rings. The minimum Gasteiger partial charge on any atom is -0.492 e. The molecule has 0 radical (unpaired) electrons. The fourth-order valence-corrected chi connectivity index (χ4v) is 2.20. The summed E-state index contributed by atoms with van der Waals surface area (Å²) < 4.78 is 5.49. The van der Waals surface area contributed by atoms with Crippen molar-refractivity contribution in [3.8, 4) is 5.75 Å². The Morgan fingerprint density at radius 2 is 2.10 bits per heavy atom. The Kier molecular flexibility index (Phi) is 3.29. The first-order valence-corrected chi connectivity index (χ1v) is 6.71. The van der Waals surface area contributed by atoms with Crippen LogP contribution in [0.3, 0.4) is 0 Å². The van der Waals surface area contributed by atoms with E-state index in [1.165, 1.54) is 5.39 Å². The van der Waals surface area contributed by atoms with E-state index in [0.717, 1.165) is 28.5 Å². The van der Waals surface area contributed by atoms with Crippen molar-refractivity contribution in [3.63, 3.8) is 0 Å². The number of aryl methyl sites for hydroxylation is 1. The Morgan fingerprint density at radius 3 is 2.90 bits per heavy atom. The number of ether oxygens (including phenoxy) is 1. The third-order valence-corrected chi connectivity index (χ3v) is 3.16. The Bertz CT molecular complexity index is 733. The lowest BCUT2D eigenvalue weighted by Gasteiger charge is -2.10. The summed E-state index contributed by atoms with van der Waals surface area (Å²) in [5, 5.41) is 4.51. The molecule has 1 aromatic carbocycles. The Labute approximate surface area is 117 Å². The van der Waals surface area contributed by atoms with Crippen LogP contribution in [0.4, 0.5) is 11.5 Å². The summed E-state index contributed by atoms with van der Waals surface area (Å²) in [5.41, 5.74) is 3.01. The minimum absolute atomic E-state index is 0.652. The molecular weight excluding hydrogens is 250 g/mol. The number of hydrogen-bond donors (Lipinski definition) is 2. The maximum Gasteiger partial charge on any atom is 0.140 e. The zero-order valence-electron chi connectivity index (χ0n) is 11.6. The van der Waals surface area contributed by atoms with Crippen molar-refractivity contribution in [1.82, 2.24) is 9.97 Å². The first kappa shape index (κ1) is 12.5. The molecule has 0 bridgehead atoms. The van der Waals surface area contributed by atoms with Gasteiger partial charge in [-0.25, -0.2) is 4.98 Å². The molecule has 0 saturated heterocycles. The van der Waals surface area contributed by atoms with Gasteiger partial charge in [0.1, 0.15) is 11.6 Å². The van der Waals surface area contributed by atoms with E-state index in [1.54, 1.807) is 0 Å². The van der Waals surface area contributed by atoms with Crippen LogP contribution in [-0.2, 0) is 0 Å². The molecule has 3 aromatic rings.